The highest BCUT2D eigenvalue weighted by Gasteiger charge is 2.12. The van der Waals surface area contributed by atoms with E-state index in [4.69, 9.17) is 33.0 Å². The molecule has 7 heteroatoms. The van der Waals surface area contributed by atoms with E-state index in [9.17, 15) is 0 Å². The molecule has 1 N–H and O–H groups in total. The average Bonchev–Trinajstić information content (AvgIpc) is 3.10. The van der Waals surface area contributed by atoms with Gasteiger partial charge >= 0.3 is 0 Å². The molecule has 21 heavy (non-hydrogen) atoms. The fourth-order valence-electron chi connectivity index (χ4n) is 1.86. The first-order chi connectivity index (χ1) is 10.2. The van der Waals surface area contributed by atoms with E-state index in [0.717, 1.165) is 5.56 Å². The number of nitrogens with one attached hydrogen (secondary N) is 1. The number of nitrogens with zero attached hydrogens (tertiary/aromatic N) is 3. The lowest BCUT2D eigenvalue weighted by molar-refractivity contribution is 0.424. The molecule has 0 amide bonds. The third-order valence-corrected chi connectivity index (χ3v) is 3.47. The second-order valence-corrected chi connectivity index (χ2v) is 5.19. The van der Waals surface area contributed by atoms with Crippen LogP contribution in [0.3, 0.4) is 0 Å². The van der Waals surface area contributed by atoms with Crippen molar-refractivity contribution in [1.82, 2.24) is 15.1 Å². The normalized spacial score (nSPS) is 10.5. The summed E-state index contributed by atoms with van der Waals surface area (Å²) in [5, 5.41) is 13.8. The predicted molar refractivity (Wildman–Crippen MR) is 78.1 cm³/mol. The van der Waals surface area contributed by atoms with Crippen LogP contribution in [0.25, 0.3) is 11.5 Å². The molecule has 0 bridgehead atoms. The molecule has 0 radical (unpaired) electrons. The van der Waals surface area contributed by atoms with Crippen molar-refractivity contribution in [2.45, 2.75) is 6.42 Å². The van der Waals surface area contributed by atoms with E-state index in [-0.39, 0.29) is 0 Å². The van der Waals surface area contributed by atoms with Crippen molar-refractivity contribution in [2.75, 3.05) is 0 Å². The lowest BCUT2D eigenvalue weighted by Gasteiger charge is -2.00. The van der Waals surface area contributed by atoms with Crippen molar-refractivity contribution in [2.24, 2.45) is 0 Å². The van der Waals surface area contributed by atoms with Crippen LogP contribution in [0.2, 0.25) is 10.0 Å². The van der Waals surface area contributed by atoms with Crippen LogP contribution in [0.5, 0.6) is 0 Å². The molecule has 104 valence electrons. The Morgan fingerprint density at radius 2 is 2.14 bits per heavy atom. The van der Waals surface area contributed by atoms with E-state index < -0.39 is 0 Å². The maximum atomic E-state index is 8.78. The van der Waals surface area contributed by atoms with Crippen molar-refractivity contribution in [3.63, 3.8) is 0 Å². The maximum Gasteiger partial charge on any atom is 0.259 e. The summed E-state index contributed by atoms with van der Waals surface area (Å²) in [5.74, 6) is 0.863. The van der Waals surface area contributed by atoms with Crippen molar-refractivity contribution in [1.29, 1.82) is 5.26 Å². The van der Waals surface area contributed by atoms with Gasteiger partial charge in [-0.25, -0.2) is 0 Å². The summed E-state index contributed by atoms with van der Waals surface area (Å²) >= 11 is 12.0. The molecule has 0 aliphatic rings. The number of hydrogen-bond acceptors (Lipinski definition) is 4. The van der Waals surface area contributed by atoms with Crippen molar-refractivity contribution < 1.29 is 4.52 Å². The quantitative estimate of drug-likeness (QED) is 0.795. The molecule has 1 aromatic carbocycles. The van der Waals surface area contributed by atoms with Crippen LogP contribution in [-0.4, -0.2) is 15.1 Å². The van der Waals surface area contributed by atoms with Crippen molar-refractivity contribution >= 4 is 23.2 Å². The van der Waals surface area contributed by atoms with Crippen LogP contribution >= 0.6 is 23.2 Å². The number of aromatic nitrogens is 3. The molecule has 0 unspecified atom stereocenters. The van der Waals surface area contributed by atoms with Gasteiger partial charge < -0.3 is 9.51 Å². The Morgan fingerprint density at radius 3 is 2.86 bits per heavy atom. The van der Waals surface area contributed by atoms with Gasteiger partial charge in [0.25, 0.3) is 5.89 Å². The number of nitriles is 1. The van der Waals surface area contributed by atoms with Crippen molar-refractivity contribution in [3.05, 3.63) is 57.6 Å². The lowest BCUT2D eigenvalue weighted by atomic mass is 10.1. The van der Waals surface area contributed by atoms with Crippen LogP contribution in [0.1, 0.15) is 17.1 Å². The largest absolute Gasteiger partial charge is 0.352 e. The molecular formula is C14H8Cl2N4O. The summed E-state index contributed by atoms with van der Waals surface area (Å²) in [6.07, 6.45) is 2.08. The number of aromatic amines is 1. The Labute approximate surface area is 130 Å². The van der Waals surface area contributed by atoms with Crippen LogP contribution in [0.15, 0.2) is 35.0 Å². The summed E-state index contributed by atoms with van der Waals surface area (Å²) in [5.41, 5.74) is 1.97. The predicted octanol–water partition coefficient (Wildman–Crippen LogP) is 3.83. The van der Waals surface area contributed by atoms with Gasteiger partial charge in [-0.15, -0.1) is 0 Å². The summed E-state index contributed by atoms with van der Waals surface area (Å²) in [7, 11) is 0. The highest BCUT2D eigenvalue weighted by atomic mass is 35.5. The number of hydrogen-bond donors (Lipinski definition) is 1. The Bertz CT molecular complexity index is 832. The molecule has 3 rings (SSSR count). The molecule has 0 fully saturated rings. The molecule has 0 aliphatic carbocycles. The van der Waals surface area contributed by atoms with Crippen LogP contribution in [0, 0.1) is 11.3 Å². The van der Waals surface area contributed by atoms with Gasteiger partial charge in [0.05, 0.1) is 5.56 Å². The number of rotatable bonds is 3. The SMILES string of the molecule is N#Cc1cc(-c2nc(Cc3ccc(Cl)cc3Cl)no2)c[nH]1. The Morgan fingerprint density at radius 1 is 1.29 bits per heavy atom. The van der Waals surface area contributed by atoms with Crippen molar-refractivity contribution in [3.8, 4) is 17.5 Å². The first-order valence-electron chi connectivity index (χ1n) is 6.01. The van der Waals surface area contributed by atoms with E-state index in [1.807, 2.05) is 12.1 Å². The molecule has 3 aromatic rings. The zero-order valence-corrected chi connectivity index (χ0v) is 12.1. The molecule has 0 aliphatic heterocycles. The average molecular weight is 319 g/mol. The zero-order valence-electron chi connectivity index (χ0n) is 10.6. The highest BCUT2D eigenvalue weighted by molar-refractivity contribution is 6.35. The van der Waals surface area contributed by atoms with Crippen LogP contribution < -0.4 is 0 Å². The summed E-state index contributed by atoms with van der Waals surface area (Å²) in [6.45, 7) is 0. The Kier molecular flexibility index (Phi) is 3.65. The maximum absolute atomic E-state index is 8.78. The van der Waals surface area contributed by atoms with E-state index in [2.05, 4.69) is 15.1 Å². The van der Waals surface area contributed by atoms with Crippen LogP contribution in [0.4, 0.5) is 0 Å². The number of H-pyrrole nitrogens is 1. The fraction of sp³-hybridized carbons (Fsp3) is 0.0714. The third-order valence-electron chi connectivity index (χ3n) is 2.88. The van der Waals surface area contributed by atoms with E-state index >= 15 is 0 Å². The van der Waals surface area contributed by atoms with Gasteiger partial charge in [0, 0.05) is 22.7 Å². The fourth-order valence-corrected chi connectivity index (χ4v) is 2.34. The van der Waals surface area contributed by atoms with Gasteiger partial charge in [-0.1, -0.05) is 34.4 Å². The molecule has 5 nitrogen and oxygen atoms in total. The molecular weight excluding hydrogens is 311 g/mol. The van der Waals surface area contributed by atoms with Crippen LogP contribution in [-0.2, 0) is 6.42 Å². The standard InChI is InChI=1S/C14H8Cl2N4O/c15-10-2-1-8(12(16)5-10)4-13-19-14(21-20-13)9-3-11(6-17)18-7-9/h1-3,5,7,18H,4H2. The minimum atomic E-state index is 0.354. The molecule has 0 atom stereocenters. The summed E-state index contributed by atoms with van der Waals surface area (Å²) < 4.78 is 5.18. The van der Waals surface area contributed by atoms with Gasteiger partial charge in [-0.3, -0.25) is 0 Å². The van der Waals surface area contributed by atoms with Gasteiger partial charge in [0.1, 0.15) is 11.8 Å². The zero-order chi connectivity index (χ0) is 14.8. The second kappa shape index (κ2) is 5.60. The molecule has 2 aromatic heterocycles. The topological polar surface area (TPSA) is 78.5 Å². The summed E-state index contributed by atoms with van der Waals surface area (Å²) in [6, 6.07) is 8.90. The first kappa shape index (κ1) is 13.7. The van der Waals surface area contributed by atoms with E-state index in [1.165, 1.54) is 0 Å². The van der Waals surface area contributed by atoms with Gasteiger partial charge in [-0.2, -0.15) is 10.2 Å². The number of benzene rings is 1. The van der Waals surface area contributed by atoms with E-state index in [0.29, 0.717) is 39.4 Å². The lowest BCUT2D eigenvalue weighted by Crippen LogP contribution is -1.91. The highest BCUT2D eigenvalue weighted by Crippen LogP contribution is 2.24. The van der Waals surface area contributed by atoms with Gasteiger partial charge in [0.2, 0.25) is 0 Å². The van der Waals surface area contributed by atoms with Gasteiger partial charge in [-0.05, 0) is 23.8 Å². The first-order valence-corrected chi connectivity index (χ1v) is 6.76. The second-order valence-electron chi connectivity index (χ2n) is 4.34. The monoisotopic (exact) mass is 318 g/mol. The Hall–Kier alpha value is -2.29. The molecule has 0 saturated heterocycles. The summed E-state index contributed by atoms with van der Waals surface area (Å²) in [4.78, 5) is 7.09. The minimum Gasteiger partial charge on any atom is -0.352 e. The van der Waals surface area contributed by atoms with E-state index in [1.54, 1.807) is 24.4 Å². The molecule has 0 spiro atoms. The molecule has 2 heterocycles. The van der Waals surface area contributed by atoms with Gasteiger partial charge in [0.15, 0.2) is 5.82 Å². The third kappa shape index (κ3) is 2.92. The minimum absolute atomic E-state index is 0.354. The Balaban J connectivity index is 1.83. The number of halogens is 2. The molecule has 0 saturated carbocycles. The smallest absolute Gasteiger partial charge is 0.259 e.